The second-order valence-corrected chi connectivity index (χ2v) is 7.02. The zero-order valence-corrected chi connectivity index (χ0v) is 12.3. The average Bonchev–Trinajstić information content (AvgIpc) is 2.37. The summed E-state index contributed by atoms with van der Waals surface area (Å²) in [6, 6.07) is 0.771. The summed E-state index contributed by atoms with van der Waals surface area (Å²) in [5.41, 5.74) is 0.556. The van der Waals surface area contributed by atoms with E-state index in [0.717, 1.165) is 19.2 Å². The Bertz CT molecular complexity index is 223. The second kappa shape index (κ2) is 6.91. The van der Waals surface area contributed by atoms with Gasteiger partial charge in [0.15, 0.2) is 0 Å². The Morgan fingerprint density at radius 3 is 2.33 bits per heavy atom. The maximum absolute atomic E-state index is 6.00. The van der Waals surface area contributed by atoms with Crippen molar-refractivity contribution < 1.29 is 4.74 Å². The standard InChI is InChI=1S/C16H31NO/c1-16(2)10-8-15(9-11-16)18-13-12-17-14-6-4-3-5-7-14/h14-15,17H,3-13H2,1-2H3. The molecule has 0 amide bonds. The van der Waals surface area contributed by atoms with Crippen LogP contribution in [0, 0.1) is 5.41 Å². The minimum absolute atomic E-state index is 0.534. The zero-order valence-electron chi connectivity index (χ0n) is 12.3. The fraction of sp³-hybridized carbons (Fsp3) is 1.00. The third-order valence-electron chi connectivity index (χ3n) is 4.78. The van der Waals surface area contributed by atoms with Crippen LogP contribution >= 0.6 is 0 Å². The predicted octanol–water partition coefficient (Wildman–Crippen LogP) is 3.89. The molecule has 18 heavy (non-hydrogen) atoms. The minimum atomic E-state index is 0.534. The first-order valence-electron chi connectivity index (χ1n) is 8.01. The van der Waals surface area contributed by atoms with Crippen molar-refractivity contribution in [1.29, 1.82) is 0 Å². The van der Waals surface area contributed by atoms with Gasteiger partial charge in [-0.15, -0.1) is 0 Å². The lowest BCUT2D eigenvalue weighted by molar-refractivity contribution is 0.00503. The molecule has 0 atom stereocenters. The normalized spacial score (nSPS) is 26.3. The summed E-state index contributed by atoms with van der Waals surface area (Å²) < 4.78 is 6.00. The van der Waals surface area contributed by atoms with Crippen LogP contribution in [0.2, 0.25) is 0 Å². The van der Waals surface area contributed by atoms with E-state index in [1.807, 2.05) is 0 Å². The summed E-state index contributed by atoms with van der Waals surface area (Å²) in [6.07, 6.45) is 12.7. The lowest BCUT2D eigenvalue weighted by Gasteiger charge is -2.34. The van der Waals surface area contributed by atoms with Crippen LogP contribution < -0.4 is 5.32 Å². The Labute approximate surface area is 113 Å². The number of nitrogens with one attached hydrogen (secondary N) is 1. The Kier molecular flexibility index (Phi) is 5.50. The van der Waals surface area contributed by atoms with E-state index in [9.17, 15) is 0 Å². The van der Waals surface area contributed by atoms with E-state index in [0.29, 0.717) is 11.5 Å². The highest BCUT2D eigenvalue weighted by Crippen LogP contribution is 2.36. The van der Waals surface area contributed by atoms with Crippen LogP contribution in [-0.2, 0) is 4.74 Å². The van der Waals surface area contributed by atoms with Crippen LogP contribution in [0.4, 0.5) is 0 Å². The molecule has 2 fully saturated rings. The fourth-order valence-electron chi connectivity index (χ4n) is 3.33. The third kappa shape index (κ3) is 4.89. The molecular formula is C16H31NO. The van der Waals surface area contributed by atoms with Gasteiger partial charge in [-0.05, 0) is 43.9 Å². The summed E-state index contributed by atoms with van der Waals surface area (Å²) in [4.78, 5) is 0. The Hall–Kier alpha value is -0.0800. The molecule has 2 aliphatic carbocycles. The molecule has 0 aromatic heterocycles. The molecule has 0 heterocycles. The lowest BCUT2D eigenvalue weighted by atomic mass is 9.76. The maximum Gasteiger partial charge on any atom is 0.0594 e. The van der Waals surface area contributed by atoms with Crippen molar-refractivity contribution in [2.75, 3.05) is 13.2 Å². The van der Waals surface area contributed by atoms with Crippen LogP contribution in [0.1, 0.15) is 71.6 Å². The van der Waals surface area contributed by atoms with Gasteiger partial charge < -0.3 is 10.1 Å². The van der Waals surface area contributed by atoms with Crippen LogP contribution in [0.5, 0.6) is 0 Å². The Morgan fingerprint density at radius 1 is 1.00 bits per heavy atom. The Morgan fingerprint density at radius 2 is 1.67 bits per heavy atom. The van der Waals surface area contributed by atoms with Crippen LogP contribution in [0.15, 0.2) is 0 Å². The van der Waals surface area contributed by atoms with E-state index in [1.165, 1.54) is 57.8 Å². The molecule has 1 N–H and O–H groups in total. The average molecular weight is 253 g/mol. The van der Waals surface area contributed by atoms with Crippen molar-refractivity contribution in [3.63, 3.8) is 0 Å². The van der Waals surface area contributed by atoms with Crippen LogP contribution in [-0.4, -0.2) is 25.3 Å². The van der Waals surface area contributed by atoms with E-state index in [4.69, 9.17) is 4.74 Å². The first kappa shape index (κ1) is 14.3. The summed E-state index contributed by atoms with van der Waals surface area (Å²) in [7, 11) is 0. The van der Waals surface area contributed by atoms with Crippen LogP contribution in [0.25, 0.3) is 0 Å². The van der Waals surface area contributed by atoms with E-state index in [-0.39, 0.29) is 0 Å². The van der Waals surface area contributed by atoms with E-state index in [2.05, 4.69) is 19.2 Å². The van der Waals surface area contributed by atoms with Crippen molar-refractivity contribution in [1.82, 2.24) is 5.32 Å². The topological polar surface area (TPSA) is 21.3 Å². The van der Waals surface area contributed by atoms with E-state index >= 15 is 0 Å². The smallest absolute Gasteiger partial charge is 0.0594 e. The maximum atomic E-state index is 6.00. The largest absolute Gasteiger partial charge is 0.377 e. The molecule has 0 bridgehead atoms. The molecule has 0 aromatic carbocycles. The van der Waals surface area contributed by atoms with Crippen molar-refractivity contribution in [3.05, 3.63) is 0 Å². The zero-order chi connectivity index (χ0) is 12.8. The van der Waals surface area contributed by atoms with Gasteiger partial charge in [0.2, 0.25) is 0 Å². The molecule has 2 heteroatoms. The van der Waals surface area contributed by atoms with Gasteiger partial charge in [0.1, 0.15) is 0 Å². The minimum Gasteiger partial charge on any atom is -0.377 e. The van der Waals surface area contributed by atoms with Gasteiger partial charge in [0, 0.05) is 12.6 Å². The molecule has 0 radical (unpaired) electrons. The van der Waals surface area contributed by atoms with Crippen molar-refractivity contribution in [2.24, 2.45) is 5.41 Å². The van der Waals surface area contributed by atoms with Crippen LogP contribution in [0.3, 0.4) is 0 Å². The quantitative estimate of drug-likeness (QED) is 0.750. The first-order valence-corrected chi connectivity index (χ1v) is 8.01. The highest BCUT2D eigenvalue weighted by Gasteiger charge is 2.26. The van der Waals surface area contributed by atoms with Crippen molar-refractivity contribution in [2.45, 2.75) is 83.8 Å². The lowest BCUT2D eigenvalue weighted by Crippen LogP contribution is -2.35. The number of ether oxygens (including phenoxy) is 1. The third-order valence-corrected chi connectivity index (χ3v) is 4.78. The number of hydrogen-bond donors (Lipinski definition) is 1. The van der Waals surface area contributed by atoms with E-state index in [1.54, 1.807) is 0 Å². The fourth-order valence-corrected chi connectivity index (χ4v) is 3.33. The van der Waals surface area contributed by atoms with Gasteiger partial charge in [-0.25, -0.2) is 0 Å². The first-order chi connectivity index (χ1) is 8.66. The molecular weight excluding hydrogens is 222 g/mol. The molecule has 2 nitrogen and oxygen atoms in total. The molecule has 0 unspecified atom stereocenters. The van der Waals surface area contributed by atoms with Crippen molar-refractivity contribution in [3.8, 4) is 0 Å². The number of hydrogen-bond acceptors (Lipinski definition) is 2. The van der Waals surface area contributed by atoms with Gasteiger partial charge in [0.25, 0.3) is 0 Å². The SMILES string of the molecule is CC1(C)CCC(OCCNC2CCCCC2)CC1. The summed E-state index contributed by atoms with van der Waals surface area (Å²) in [5, 5.41) is 3.65. The highest BCUT2D eigenvalue weighted by molar-refractivity contribution is 4.79. The number of rotatable bonds is 5. The monoisotopic (exact) mass is 253 g/mol. The molecule has 0 saturated heterocycles. The van der Waals surface area contributed by atoms with Gasteiger partial charge in [-0.1, -0.05) is 33.1 Å². The predicted molar refractivity (Wildman–Crippen MR) is 76.9 cm³/mol. The van der Waals surface area contributed by atoms with Gasteiger partial charge in [0.05, 0.1) is 12.7 Å². The molecule has 0 aliphatic heterocycles. The summed E-state index contributed by atoms with van der Waals surface area (Å²) >= 11 is 0. The molecule has 0 aromatic rings. The van der Waals surface area contributed by atoms with Gasteiger partial charge in [-0.2, -0.15) is 0 Å². The van der Waals surface area contributed by atoms with Crippen molar-refractivity contribution >= 4 is 0 Å². The summed E-state index contributed by atoms with van der Waals surface area (Å²) in [5.74, 6) is 0. The van der Waals surface area contributed by atoms with E-state index < -0.39 is 0 Å². The molecule has 2 saturated carbocycles. The highest BCUT2D eigenvalue weighted by atomic mass is 16.5. The Balaban J connectivity index is 1.50. The summed E-state index contributed by atoms with van der Waals surface area (Å²) in [6.45, 7) is 6.72. The molecule has 106 valence electrons. The van der Waals surface area contributed by atoms with Gasteiger partial charge in [-0.3, -0.25) is 0 Å². The second-order valence-electron chi connectivity index (χ2n) is 7.02. The van der Waals surface area contributed by atoms with Gasteiger partial charge >= 0.3 is 0 Å². The molecule has 0 spiro atoms. The molecule has 2 rings (SSSR count). The molecule has 2 aliphatic rings.